The first-order valence-electron chi connectivity index (χ1n) is 8.33. The van der Waals surface area contributed by atoms with E-state index in [-0.39, 0.29) is 6.54 Å². The number of methoxy groups -OCH3 is 1. The number of carboxylic acids is 1. The number of aryl methyl sites for hydroxylation is 2. The lowest BCUT2D eigenvalue weighted by Gasteiger charge is -2.16. The van der Waals surface area contributed by atoms with Crippen molar-refractivity contribution in [1.82, 2.24) is 10.6 Å². The van der Waals surface area contributed by atoms with Crippen LogP contribution in [0.25, 0.3) is 0 Å². The second kappa shape index (κ2) is 8.84. The molecule has 0 heterocycles. The van der Waals surface area contributed by atoms with Crippen molar-refractivity contribution in [3.8, 4) is 5.75 Å². The van der Waals surface area contributed by atoms with Gasteiger partial charge < -0.3 is 20.5 Å². The zero-order valence-corrected chi connectivity index (χ0v) is 15.4. The Morgan fingerprint density at radius 3 is 2.44 bits per heavy atom. The van der Waals surface area contributed by atoms with Gasteiger partial charge in [0.25, 0.3) is 5.91 Å². The number of carbonyl (C=O) groups is 3. The van der Waals surface area contributed by atoms with Gasteiger partial charge in [0.05, 0.1) is 13.7 Å². The van der Waals surface area contributed by atoms with Crippen molar-refractivity contribution >= 4 is 17.8 Å². The molecule has 0 aromatic heterocycles. The van der Waals surface area contributed by atoms with E-state index in [1.54, 1.807) is 42.5 Å². The lowest BCUT2D eigenvalue weighted by molar-refractivity contribution is -0.141. The SMILES string of the molecule is COc1cccc(C(=O)NCC(=O)NC(C(=O)O)c2ccc(C)c(C)c2)c1. The number of carboxylic acid groups (broad SMARTS) is 1. The second-order valence-corrected chi connectivity index (χ2v) is 6.10. The molecule has 2 amide bonds. The first-order valence-corrected chi connectivity index (χ1v) is 8.33. The first kappa shape index (κ1) is 20.0. The molecule has 142 valence electrons. The number of ether oxygens (including phenoxy) is 1. The van der Waals surface area contributed by atoms with Gasteiger partial charge in [-0.05, 0) is 48.7 Å². The van der Waals surface area contributed by atoms with Crippen molar-refractivity contribution in [3.63, 3.8) is 0 Å². The molecule has 7 nitrogen and oxygen atoms in total. The van der Waals surface area contributed by atoms with Crippen molar-refractivity contribution in [2.45, 2.75) is 19.9 Å². The molecule has 0 aliphatic carbocycles. The smallest absolute Gasteiger partial charge is 0.330 e. The van der Waals surface area contributed by atoms with Crippen LogP contribution < -0.4 is 15.4 Å². The normalized spacial score (nSPS) is 11.4. The largest absolute Gasteiger partial charge is 0.497 e. The fourth-order valence-corrected chi connectivity index (χ4v) is 2.47. The van der Waals surface area contributed by atoms with E-state index in [4.69, 9.17) is 4.74 Å². The summed E-state index contributed by atoms with van der Waals surface area (Å²) in [5, 5.41) is 14.3. The van der Waals surface area contributed by atoms with Crippen LogP contribution in [-0.2, 0) is 9.59 Å². The van der Waals surface area contributed by atoms with Crippen LogP contribution in [0.4, 0.5) is 0 Å². The monoisotopic (exact) mass is 370 g/mol. The molecule has 2 aromatic carbocycles. The molecule has 0 saturated heterocycles. The van der Waals surface area contributed by atoms with Crippen LogP contribution in [0.1, 0.15) is 33.1 Å². The fourth-order valence-electron chi connectivity index (χ4n) is 2.47. The third-order valence-electron chi connectivity index (χ3n) is 4.16. The Hall–Kier alpha value is -3.35. The molecule has 0 radical (unpaired) electrons. The van der Waals surface area contributed by atoms with Gasteiger partial charge in [0.2, 0.25) is 5.91 Å². The summed E-state index contributed by atoms with van der Waals surface area (Å²) >= 11 is 0. The van der Waals surface area contributed by atoms with Gasteiger partial charge in [-0.25, -0.2) is 4.79 Å². The van der Waals surface area contributed by atoms with E-state index in [1.165, 1.54) is 7.11 Å². The summed E-state index contributed by atoms with van der Waals surface area (Å²) in [5.41, 5.74) is 2.77. The Kier molecular flexibility index (Phi) is 6.54. The van der Waals surface area contributed by atoms with Crippen molar-refractivity contribution in [3.05, 3.63) is 64.7 Å². The maximum atomic E-state index is 12.1. The second-order valence-electron chi connectivity index (χ2n) is 6.10. The molecule has 27 heavy (non-hydrogen) atoms. The highest BCUT2D eigenvalue weighted by Crippen LogP contribution is 2.17. The molecule has 3 N–H and O–H groups in total. The number of aliphatic carboxylic acids is 1. The summed E-state index contributed by atoms with van der Waals surface area (Å²) in [6.07, 6.45) is 0. The highest BCUT2D eigenvalue weighted by molar-refractivity contribution is 5.97. The summed E-state index contributed by atoms with van der Waals surface area (Å²) in [5.74, 6) is -1.71. The van der Waals surface area contributed by atoms with Crippen molar-refractivity contribution in [1.29, 1.82) is 0 Å². The number of hydrogen-bond donors (Lipinski definition) is 3. The molecule has 0 aliphatic heterocycles. The van der Waals surface area contributed by atoms with E-state index < -0.39 is 23.8 Å². The number of hydrogen-bond acceptors (Lipinski definition) is 4. The average Bonchev–Trinajstić information content (AvgIpc) is 2.66. The van der Waals surface area contributed by atoms with Crippen molar-refractivity contribution < 1.29 is 24.2 Å². The molecule has 2 aromatic rings. The van der Waals surface area contributed by atoms with E-state index >= 15 is 0 Å². The molecule has 0 saturated carbocycles. The van der Waals surface area contributed by atoms with Gasteiger partial charge >= 0.3 is 5.97 Å². The zero-order chi connectivity index (χ0) is 20.0. The maximum Gasteiger partial charge on any atom is 0.330 e. The Labute approximate surface area is 157 Å². The molecular formula is C20H22N2O5. The number of amides is 2. The molecule has 0 fully saturated rings. The summed E-state index contributed by atoms with van der Waals surface area (Å²) in [4.78, 5) is 35.8. The van der Waals surface area contributed by atoms with Gasteiger partial charge in [-0.1, -0.05) is 24.3 Å². The molecule has 0 bridgehead atoms. The summed E-state index contributed by atoms with van der Waals surface area (Å²) in [6.45, 7) is 3.44. The van der Waals surface area contributed by atoms with Gasteiger partial charge in [-0.3, -0.25) is 9.59 Å². The van der Waals surface area contributed by atoms with Gasteiger partial charge in [-0.15, -0.1) is 0 Å². The Balaban J connectivity index is 2.00. The minimum absolute atomic E-state index is 0.339. The Morgan fingerprint density at radius 1 is 1.07 bits per heavy atom. The van der Waals surface area contributed by atoms with Crippen LogP contribution in [0.2, 0.25) is 0 Å². The molecule has 7 heteroatoms. The van der Waals surface area contributed by atoms with E-state index in [1.807, 2.05) is 13.8 Å². The lowest BCUT2D eigenvalue weighted by atomic mass is 10.0. The average molecular weight is 370 g/mol. The molecule has 0 aliphatic rings. The summed E-state index contributed by atoms with van der Waals surface area (Å²) < 4.78 is 5.05. The minimum Gasteiger partial charge on any atom is -0.497 e. The van der Waals surface area contributed by atoms with E-state index in [0.717, 1.165) is 11.1 Å². The molecule has 0 spiro atoms. The van der Waals surface area contributed by atoms with Crippen LogP contribution in [0, 0.1) is 13.8 Å². The van der Waals surface area contributed by atoms with E-state index in [2.05, 4.69) is 10.6 Å². The van der Waals surface area contributed by atoms with Crippen LogP contribution in [-0.4, -0.2) is 36.5 Å². The van der Waals surface area contributed by atoms with Gasteiger partial charge in [0.15, 0.2) is 6.04 Å². The number of nitrogens with one attached hydrogen (secondary N) is 2. The zero-order valence-electron chi connectivity index (χ0n) is 15.4. The number of carbonyl (C=O) groups excluding carboxylic acids is 2. The summed E-state index contributed by atoms with van der Waals surface area (Å²) in [7, 11) is 1.49. The van der Waals surface area contributed by atoms with Crippen LogP contribution in [0.15, 0.2) is 42.5 Å². The van der Waals surface area contributed by atoms with Gasteiger partial charge in [0, 0.05) is 5.56 Å². The third-order valence-corrected chi connectivity index (χ3v) is 4.16. The third kappa shape index (κ3) is 5.31. The lowest BCUT2D eigenvalue weighted by Crippen LogP contribution is -2.41. The fraction of sp³-hybridized carbons (Fsp3) is 0.250. The van der Waals surface area contributed by atoms with Crippen LogP contribution in [0.5, 0.6) is 5.75 Å². The molecule has 1 atom stereocenters. The minimum atomic E-state index is -1.19. The Bertz CT molecular complexity index is 863. The molecular weight excluding hydrogens is 348 g/mol. The number of benzene rings is 2. The highest BCUT2D eigenvalue weighted by Gasteiger charge is 2.22. The summed E-state index contributed by atoms with van der Waals surface area (Å²) in [6, 6.07) is 10.5. The molecule has 2 rings (SSSR count). The topological polar surface area (TPSA) is 105 Å². The Morgan fingerprint density at radius 2 is 1.81 bits per heavy atom. The van der Waals surface area contributed by atoms with Crippen molar-refractivity contribution in [2.24, 2.45) is 0 Å². The van der Waals surface area contributed by atoms with Gasteiger partial charge in [0.1, 0.15) is 5.75 Å². The van der Waals surface area contributed by atoms with E-state index in [0.29, 0.717) is 16.9 Å². The van der Waals surface area contributed by atoms with E-state index in [9.17, 15) is 19.5 Å². The predicted octanol–water partition coefficient (Wildman–Crippen LogP) is 1.98. The van der Waals surface area contributed by atoms with Crippen LogP contribution in [0.3, 0.4) is 0 Å². The van der Waals surface area contributed by atoms with Gasteiger partial charge in [-0.2, -0.15) is 0 Å². The highest BCUT2D eigenvalue weighted by atomic mass is 16.5. The quantitative estimate of drug-likeness (QED) is 0.691. The van der Waals surface area contributed by atoms with Crippen molar-refractivity contribution in [2.75, 3.05) is 13.7 Å². The van der Waals surface area contributed by atoms with Crippen LogP contribution >= 0.6 is 0 Å². The predicted molar refractivity (Wildman–Crippen MR) is 99.8 cm³/mol. The first-order chi connectivity index (χ1) is 12.8. The molecule has 1 unspecified atom stereocenters. The maximum absolute atomic E-state index is 12.1. The standard InChI is InChI=1S/C20H22N2O5/c1-12-7-8-14(9-13(12)2)18(20(25)26)22-17(23)11-21-19(24)15-5-4-6-16(10-15)27-3/h4-10,18H,11H2,1-3H3,(H,21,24)(H,22,23)(H,25,26). The number of rotatable bonds is 7.